The van der Waals surface area contributed by atoms with E-state index in [0.29, 0.717) is 17.3 Å². The molecule has 1 N–H and O–H groups in total. The van der Waals surface area contributed by atoms with Gasteiger partial charge in [-0.1, -0.05) is 18.7 Å². The van der Waals surface area contributed by atoms with E-state index in [-0.39, 0.29) is 18.0 Å². The standard InChI is InChI=1S/C21H20FN3O3/c1-4-15(5-2)18-6-7-19(23-20(18)28-3)25-9-8-24(21(25)27)13-14-10-16(22)12-17(26)11-14/h4-12,26H,1,13H2,2-3H3/b15-5+. The fraction of sp³-hybridized carbons (Fsp3) is 0.143. The van der Waals surface area contributed by atoms with Crippen LogP contribution in [0.5, 0.6) is 11.6 Å². The number of imidazole rings is 1. The number of phenolic OH excluding ortho intramolecular Hbond substituents is 1. The van der Waals surface area contributed by atoms with E-state index < -0.39 is 5.82 Å². The molecule has 0 amide bonds. The van der Waals surface area contributed by atoms with Crippen LogP contribution in [0.3, 0.4) is 0 Å². The van der Waals surface area contributed by atoms with E-state index in [2.05, 4.69) is 11.6 Å². The van der Waals surface area contributed by atoms with Crippen LogP contribution in [-0.2, 0) is 6.54 Å². The summed E-state index contributed by atoms with van der Waals surface area (Å²) in [5, 5.41) is 9.53. The number of methoxy groups -OCH3 is 1. The Morgan fingerprint density at radius 2 is 2.11 bits per heavy atom. The Morgan fingerprint density at radius 3 is 2.75 bits per heavy atom. The number of nitrogens with zero attached hydrogens (tertiary/aromatic N) is 3. The Bertz CT molecular complexity index is 1090. The maximum absolute atomic E-state index is 13.5. The van der Waals surface area contributed by atoms with Gasteiger partial charge in [-0.05, 0) is 42.3 Å². The normalized spacial score (nSPS) is 11.5. The monoisotopic (exact) mass is 381 g/mol. The Balaban J connectivity index is 1.97. The summed E-state index contributed by atoms with van der Waals surface area (Å²) < 4.78 is 21.6. The van der Waals surface area contributed by atoms with Crippen LogP contribution in [0.1, 0.15) is 18.1 Å². The van der Waals surface area contributed by atoms with E-state index in [9.17, 15) is 14.3 Å². The zero-order valence-electron chi connectivity index (χ0n) is 15.6. The van der Waals surface area contributed by atoms with Crippen molar-refractivity contribution in [1.29, 1.82) is 0 Å². The number of halogens is 1. The fourth-order valence-electron chi connectivity index (χ4n) is 2.95. The molecule has 28 heavy (non-hydrogen) atoms. The molecule has 1 aromatic carbocycles. The maximum atomic E-state index is 13.5. The van der Waals surface area contributed by atoms with E-state index in [1.807, 2.05) is 19.1 Å². The molecule has 0 aliphatic carbocycles. The van der Waals surface area contributed by atoms with Crippen LogP contribution >= 0.6 is 0 Å². The van der Waals surface area contributed by atoms with Crippen molar-refractivity contribution >= 4 is 5.57 Å². The largest absolute Gasteiger partial charge is 0.508 e. The molecule has 0 radical (unpaired) electrons. The molecular weight excluding hydrogens is 361 g/mol. The van der Waals surface area contributed by atoms with Gasteiger partial charge >= 0.3 is 5.69 Å². The van der Waals surface area contributed by atoms with E-state index in [4.69, 9.17) is 4.74 Å². The number of hydrogen-bond donors (Lipinski definition) is 1. The van der Waals surface area contributed by atoms with Crippen LogP contribution in [0.15, 0.2) is 66.3 Å². The average molecular weight is 381 g/mol. The van der Waals surface area contributed by atoms with Gasteiger partial charge in [0.2, 0.25) is 5.88 Å². The van der Waals surface area contributed by atoms with Crippen molar-refractivity contribution in [3.05, 3.63) is 88.9 Å². The lowest BCUT2D eigenvalue weighted by Gasteiger charge is -2.10. The zero-order valence-corrected chi connectivity index (χ0v) is 15.6. The van der Waals surface area contributed by atoms with Crippen LogP contribution in [0, 0.1) is 5.82 Å². The van der Waals surface area contributed by atoms with Crippen molar-refractivity contribution in [3.8, 4) is 17.4 Å². The summed E-state index contributed by atoms with van der Waals surface area (Å²) in [5.41, 5.74) is 1.76. The Hall–Kier alpha value is -3.61. The summed E-state index contributed by atoms with van der Waals surface area (Å²) in [6.07, 6.45) is 6.75. The van der Waals surface area contributed by atoms with Crippen LogP contribution in [0.4, 0.5) is 4.39 Å². The van der Waals surface area contributed by atoms with Crippen molar-refractivity contribution in [1.82, 2.24) is 14.1 Å². The van der Waals surface area contributed by atoms with Gasteiger partial charge in [0.25, 0.3) is 0 Å². The molecule has 0 aliphatic heterocycles. The molecule has 3 rings (SSSR count). The first-order chi connectivity index (χ1) is 13.5. The van der Waals surface area contributed by atoms with Gasteiger partial charge in [0.05, 0.1) is 13.7 Å². The highest BCUT2D eigenvalue weighted by Gasteiger charge is 2.13. The van der Waals surface area contributed by atoms with Crippen LogP contribution in [0.2, 0.25) is 0 Å². The third-order valence-electron chi connectivity index (χ3n) is 4.27. The minimum atomic E-state index is -0.563. The topological polar surface area (TPSA) is 69.3 Å². The van der Waals surface area contributed by atoms with Gasteiger partial charge < -0.3 is 9.84 Å². The van der Waals surface area contributed by atoms with Gasteiger partial charge in [-0.15, -0.1) is 0 Å². The van der Waals surface area contributed by atoms with Crippen molar-refractivity contribution < 1.29 is 14.2 Å². The van der Waals surface area contributed by atoms with Gasteiger partial charge in [0.15, 0.2) is 0 Å². The molecule has 7 heteroatoms. The first kappa shape index (κ1) is 19.2. The van der Waals surface area contributed by atoms with Gasteiger partial charge in [0.1, 0.15) is 17.4 Å². The smallest absolute Gasteiger partial charge is 0.334 e. The summed E-state index contributed by atoms with van der Waals surface area (Å²) in [6, 6.07) is 7.22. The summed E-state index contributed by atoms with van der Waals surface area (Å²) in [6.45, 7) is 5.78. The first-order valence-electron chi connectivity index (χ1n) is 8.57. The number of rotatable bonds is 6. The molecule has 0 bridgehead atoms. The number of pyridine rings is 1. The number of benzene rings is 1. The number of aromatic hydroxyl groups is 1. The fourth-order valence-corrected chi connectivity index (χ4v) is 2.95. The molecule has 3 aromatic rings. The predicted molar refractivity (Wildman–Crippen MR) is 105 cm³/mol. The summed E-state index contributed by atoms with van der Waals surface area (Å²) in [5.74, 6) is 0.0177. The summed E-state index contributed by atoms with van der Waals surface area (Å²) in [7, 11) is 1.51. The molecule has 2 heterocycles. The number of phenols is 1. The molecule has 0 fully saturated rings. The molecule has 144 valence electrons. The highest BCUT2D eigenvalue weighted by molar-refractivity contribution is 5.76. The lowest BCUT2D eigenvalue weighted by atomic mass is 10.1. The van der Waals surface area contributed by atoms with Crippen molar-refractivity contribution in [2.24, 2.45) is 0 Å². The van der Waals surface area contributed by atoms with Gasteiger partial charge in [-0.3, -0.25) is 9.13 Å². The second-order valence-electron chi connectivity index (χ2n) is 6.07. The third kappa shape index (κ3) is 3.73. The van der Waals surface area contributed by atoms with Gasteiger partial charge in [-0.25, -0.2) is 9.18 Å². The van der Waals surface area contributed by atoms with E-state index in [1.165, 1.54) is 28.4 Å². The second kappa shape index (κ2) is 7.96. The third-order valence-corrected chi connectivity index (χ3v) is 4.27. The predicted octanol–water partition coefficient (Wildman–Crippen LogP) is 3.52. The maximum Gasteiger partial charge on any atom is 0.334 e. The van der Waals surface area contributed by atoms with E-state index >= 15 is 0 Å². The Kier molecular flexibility index (Phi) is 5.44. The van der Waals surface area contributed by atoms with Crippen molar-refractivity contribution in [2.45, 2.75) is 13.5 Å². The molecule has 0 saturated heterocycles. The highest BCUT2D eigenvalue weighted by atomic mass is 19.1. The van der Waals surface area contributed by atoms with Crippen LogP contribution in [0.25, 0.3) is 11.4 Å². The number of allylic oxidation sites excluding steroid dienone is 3. The Labute approximate surface area is 161 Å². The van der Waals surface area contributed by atoms with E-state index in [0.717, 1.165) is 17.2 Å². The summed E-state index contributed by atoms with van der Waals surface area (Å²) >= 11 is 0. The minimum Gasteiger partial charge on any atom is -0.508 e. The van der Waals surface area contributed by atoms with Crippen molar-refractivity contribution in [2.75, 3.05) is 7.11 Å². The number of hydrogen-bond acceptors (Lipinski definition) is 4. The molecule has 0 spiro atoms. The molecule has 6 nitrogen and oxygen atoms in total. The minimum absolute atomic E-state index is 0.117. The van der Waals surface area contributed by atoms with Crippen LogP contribution in [-0.4, -0.2) is 26.3 Å². The first-order valence-corrected chi connectivity index (χ1v) is 8.57. The van der Waals surface area contributed by atoms with Gasteiger partial charge in [-0.2, -0.15) is 4.98 Å². The number of aromatic nitrogens is 3. The summed E-state index contributed by atoms with van der Waals surface area (Å²) in [4.78, 5) is 17.2. The van der Waals surface area contributed by atoms with Gasteiger partial charge in [0, 0.05) is 24.0 Å². The quantitative estimate of drug-likeness (QED) is 0.664. The molecule has 2 aromatic heterocycles. The second-order valence-corrected chi connectivity index (χ2v) is 6.07. The lowest BCUT2D eigenvalue weighted by Crippen LogP contribution is -2.24. The van der Waals surface area contributed by atoms with E-state index in [1.54, 1.807) is 24.5 Å². The number of ether oxygens (including phenoxy) is 1. The molecular formula is C21H20FN3O3. The SMILES string of the molecule is C=C/C(=C\C)c1ccc(-n2ccn(Cc3cc(O)cc(F)c3)c2=O)nc1OC. The average Bonchev–Trinajstić information content (AvgIpc) is 3.02. The molecule has 0 atom stereocenters. The lowest BCUT2D eigenvalue weighted by molar-refractivity contribution is 0.396. The highest BCUT2D eigenvalue weighted by Crippen LogP contribution is 2.26. The Morgan fingerprint density at radius 1 is 1.32 bits per heavy atom. The molecule has 0 aliphatic rings. The molecule has 0 saturated carbocycles. The zero-order chi connectivity index (χ0) is 20.3. The van der Waals surface area contributed by atoms with Crippen LogP contribution < -0.4 is 10.4 Å². The van der Waals surface area contributed by atoms with Crippen molar-refractivity contribution in [3.63, 3.8) is 0 Å². The molecule has 0 unspecified atom stereocenters.